The number of anilines is 2. The van der Waals surface area contributed by atoms with Gasteiger partial charge in [-0.05, 0) is 108 Å². The van der Waals surface area contributed by atoms with E-state index in [4.69, 9.17) is 4.99 Å². The van der Waals surface area contributed by atoms with E-state index in [0.29, 0.717) is 17.9 Å². The highest BCUT2D eigenvalue weighted by Gasteiger charge is 2.44. The molecule has 5 heteroatoms. The van der Waals surface area contributed by atoms with Gasteiger partial charge in [0, 0.05) is 39.4 Å². The Balaban J connectivity index is 1.04. The van der Waals surface area contributed by atoms with Crippen molar-refractivity contribution in [1.29, 1.82) is 0 Å². The van der Waals surface area contributed by atoms with E-state index in [9.17, 15) is 0 Å². The summed E-state index contributed by atoms with van der Waals surface area (Å²) in [5.74, 6) is 1.76. The minimum atomic E-state index is -0.177. The van der Waals surface area contributed by atoms with Crippen LogP contribution in [0.2, 0.25) is 0 Å². The largest absolute Gasteiger partial charge is 0.350 e. The van der Waals surface area contributed by atoms with E-state index >= 15 is 0 Å². The lowest BCUT2D eigenvalue weighted by Crippen LogP contribution is -2.44. The zero-order chi connectivity index (χ0) is 38.2. The fraction of sp³-hybridized carbons (Fsp3) is 0.189. The number of benzene rings is 5. The van der Waals surface area contributed by atoms with Crippen molar-refractivity contribution in [2.75, 3.05) is 4.90 Å². The highest BCUT2D eigenvalue weighted by molar-refractivity contribution is 6.01. The summed E-state index contributed by atoms with van der Waals surface area (Å²) < 4.78 is 2.56. The molecule has 5 aromatic carbocycles. The molecule has 5 nitrogen and oxygen atoms in total. The first kappa shape index (κ1) is 33.7. The molecule has 0 saturated heterocycles. The van der Waals surface area contributed by atoms with E-state index in [2.05, 4.69) is 190 Å². The highest BCUT2D eigenvalue weighted by atomic mass is 15.3. The lowest BCUT2D eigenvalue weighted by atomic mass is 9.75. The molecule has 1 aromatic heterocycles. The van der Waals surface area contributed by atoms with Crippen molar-refractivity contribution >= 4 is 40.3 Å². The number of para-hydroxylation sites is 2. The van der Waals surface area contributed by atoms with Crippen LogP contribution in [0, 0.1) is 5.92 Å². The maximum Gasteiger partial charge on any atom is 0.131 e. The van der Waals surface area contributed by atoms with E-state index in [-0.39, 0.29) is 12.3 Å². The van der Waals surface area contributed by atoms with Crippen LogP contribution in [0.3, 0.4) is 0 Å². The summed E-state index contributed by atoms with van der Waals surface area (Å²) in [5.41, 5.74) is 14.5. The number of nitrogens with zero attached hydrogens (tertiary/aromatic N) is 3. The lowest BCUT2D eigenvalue weighted by molar-refractivity contribution is 0.409. The number of hydrogen-bond donors (Lipinski definition) is 2. The third-order valence-electron chi connectivity index (χ3n) is 13.4. The van der Waals surface area contributed by atoms with Crippen LogP contribution in [0.1, 0.15) is 72.6 Å². The molecule has 6 aromatic rings. The Labute approximate surface area is 339 Å². The zero-order valence-corrected chi connectivity index (χ0v) is 32.4. The maximum atomic E-state index is 5.26. The van der Waals surface area contributed by atoms with Crippen molar-refractivity contribution in [2.45, 2.75) is 56.4 Å². The number of fused-ring (bicyclic) bond motifs is 8. The van der Waals surface area contributed by atoms with Gasteiger partial charge in [0.15, 0.2) is 0 Å². The van der Waals surface area contributed by atoms with Crippen LogP contribution in [0.5, 0.6) is 0 Å². The lowest BCUT2D eigenvalue weighted by Gasteiger charge is -2.38. The normalized spacial score (nSPS) is 24.0. The molecule has 0 spiro atoms. The van der Waals surface area contributed by atoms with Crippen LogP contribution in [0.15, 0.2) is 179 Å². The Morgan fingerprint density at radius 2 is 1.52 bits per heavy atom. The van der Waals surface area contributed by atoms with Crippen molar-refractivity contribution in [3.63, 3.8) is 0 Å². The number of aromatic nitrogens is 1. The van der Waals surface area contributed by atoms with Gasteiger partial charge in [0.2, 0.25) is 0 Å². The van der Waals surface area contributed by atoms with Crippen LogP contribution < -0.4 is 26.1 Å². The van der Waals surface area contributed by atoms with E-state index < -0.39 is 0 Å². The third-order valence-corrected chi connectivity index (χ3v) is 13.4. The molecule has 58 heavy (non-hydrogen) atoms. The van der Waals surface area contributed by atoms with Gasteiger partial charge in [-0.2, -0.15) is 0 Å². The molecule has 3 heterocycles. The SMILES string of the molecule is C1=CCC2C=c3c(n(-c4ccc(C5=NC(c6ccccc6)NC(c6ccccc6)N5)cc4)c4c(N5c6ccccc6C6CCC7=C(CCC=C7)C65)cccc34)=CC2=C1. The Kier molecular flexibility index (Phi) is 7.90. The Hall–Kier alpha value is -6.43. The molecule has 0 saturated carbocycles. The van der Waals surface area contributed by atoms with Crippen molar-refractivity contribution in [2.24, 2.45) is 10.9 Å². The molecule has 0 fully saturated rings. The first-order valence-corrected chi connectivity index (χ1v) is 21.1. The molecule has 282 valence electrons. The van der Waals surface area contributed by atoms with Crippen molar-refractivity contribution < 1.29 is 0 Å². The number of rotatable bonds is 5. The van der Waals surface area contributed by atoms with Gasteiger partial charge in [0.1, 0.15) is 18.2 Å². The van der Waals surface area contributed by atoms with Gasteiger partial charge in [-0.1, -0.05) is 127 Å². The van der Waals surface area contributed by atoms with E-state index in [1.54, 1.807) is 11.1 Å². The van der Waals surface area contributed by atoms with Crippen molar-refractivity contribution in [3.05, 3.63) is 207 Å². The number of hydrogen-bond acceptors (Lipinski definition) is 4. The molecule has 2 aliphatic heterocycles. The van der Waals surface area contributed by atoms with Crippen LogP contribution in [0.4, 0.5) is 11.4 Å². The maximum absolute atomic E-state index is 5.26. The number of nitrogens with one attached hydrogen (secondary N) is 2. The van der Waals surface area contributed by atoms with Crippen molar-refractivity contribution in [3.8, 4) is 5.69 Å². The Bertz CT molecular complexity index is 2890. The van der Waals surface area contributed by atoms with Gasteiger partial charge in [0.05, 0.1) is 22.6 Å². The van der Waals surface area contributed by atoms with Gasteiger partial charge in [-0.3, -0.25) is 5.32 Å². The first-order chi connectivity index (χ1) is 28.8. The summed E-state index contributed by atoms with van der Waals surface area (Å²) in [6.07, 6.45) is 22.0. The predicted octanol–water partition coefficient (Wildman–Crippen LogP) is 10.1. The monoisotopic (exact) mass is 751 g/mol. The number of amidine groups is 1. The van der Waals surface area contributed by atoms with Crippen LogP contribution in [-0.4, -0.2) is 16.4 Å². The minimum absolute atomic E-state index is 0.0836. The second-order valence-corrected chi connectivity index (χ2v) is 16.6. The number of aliphatic imine (C=N–C) groups is 1. The van der Waals surface area contributed by atoms with Crippen LogP contribution in [0.25, 0.3) is 28.7 Å². The molecular formula is C53H45N5. The molecule has 5 atom stereocenters. The van der Waals surface area contributed by atoms with E-state index in [0.717, 1.165) is 41.9 Å². The Morgan fingerprint density at radius 3 is 2.38 bits per heavy atom. The highest BCUT2D eigenvalue weighted by Crippen LogP contribution is 2.55. The van der Waals surface area contributed by atoms with Crippen LogP contribution in [-0.2, 0) is 0 Å². The fourth-order valence-corrected chi connectivity index (χ4v) is 10.7. The molecular weight excluding hydrogens is 707 g/mol. The van der Waals surface area contributed by atoms with Gasteiger partial charge in [-0.25, -0.2) is 4.99 Å². The van der Waals surface area contributed by atoms with Crippen LogP contribution >= 0.6 is 0 Å². The molecule has 4 aliphatic carbocycles. The summed E-state index contributed by atoms with van der Waals surface area (Å²) in [7, 11) is 0. The van der Waals surface area contributed by atoms with E-state index in [1.165, 1.54) is 62.4 Å². The zero-order valence-electron chi connectivity index (χ0n) is 32.4. The second kappa shape index (κ2) is 13.6. The first-order valence-electron chi connectivity index (χ1n) is 21.1. The topological polar surface area (TPSA) is 44.6 Å². The summed E-state index contributed by atoms with van der Waals surface area (Å²) in [6, 6.07) is 46.9. The second-order valence-electron chi connectivity index (χ2n) is 16.6. The molecule has 0 radical (unpaired) electrons. The molecule has 12 rings (SSSR count). The average molecular weight is 752 g/mol. The van der Waals surface area contributed by atoms with Gasteiger partial charge in [-0.15, -0.1) is 0 Å². The number of allylic oxidation sites excluding steroid dienone is 7. The molecule has 5 unspecified atom stereocenters. The molecule has 6 aliphatic rings. The standard InChI is InChI=1S/C53H45N5/c1-3-15-35(16-4-1)51-54-52(36-17-5-2-6-18-36)56-53(55-51)37-26-29-40(30-27-37)57-48-33-39-20-8-7-19-38(39)32-45(48)43-23-13-25-47(50(43)57)58-46-24-12-11-22-42(46)44-31-28-34-14-9-10-21-41(34)49(44)58/h1-9,11-18,20,22-27,29-30,32-33,38,44,49,51-52,54H,10,19,21,28,31H2,(H,55,56). The fourth-order valence-electron chi connectivity index (χ4n) is 10.7. The predicted molar refractivity (Wildman–Crippen MR) is 238 cm³/mol. The quantitative estimate of drug-likeness (QED) is 0.184. The summed E-state index contributed by atoms with van der Waals surface area (Å²) in [6.45, 7) is 0. The van der Waals surface area contributed by atoms with Gasteiger partial charge >= 0.3 is 0 Å². The summed E-state index contributed by atoms with van der Waals surface area (Å²) in [4.78, 5) is 8.00. The molecule has 0 amide bonds. The average Bonchev–Trinajstić information content (AvgIpc) is 3.81. The van der Waals surface area contributed by atoms with E-state index in [1.807, 2.05) is 0 Å². The minimum Gasteiger partial charge on any atom is -0.350 e. The molecule has 0 bridgehead atoms. The smallest absolute Gasteiger partial charge is 0.131 e. The summed E-state index contributed by atoms with van der Waals surface area (Å²) >= 11 is 0. The van der Waals surface area contributed by atoms with Crippen molar-refractivity contribution in [1.82, 2.24) is 15.2 Å². The Morgan fingerprint density at radius 1 is 0.724 bits per heavy atom. The van der Waals surface area contributed by atoms with Gasteiger partial charge in [0.25, 0.3) is 0 Å². The summed E-state index contributed by atoms with van der Waals surface area (Å²) in [5, 5.41) is 11.4. The molecule has 2 N–H and O–H groups in total. The van der Waals surface area contributed by atoms with Gasteiger partial charge < -0.3 is 14.8 Å². The third kappa shape index (κ3) is 5.37.